The van der Waals surface area contributed by atoms with Crippen LogP contribution in [0.3, 0.4) is 0 Å². The van der Waals surface area contributed by atoms with Gasteiger partial charge in [0.2, 0.25) is 0 Å². The van der Waals surface area contributed by atoms with Crippen LogP contribution in [0.2, 0.25) is 0 Å². The van der Waals surface area contributed by atoms with E-state index in [1.165, 1.54) is 0 Å². The second kappa shape index (κ2) is 3.23. The van der Waals surface area contributed by atoms with E-state index < -0.39 is 0 Å². The van der Waals surface area contributed by atoms with Gasteiger partial charge in [0, 0.05) is 0 Å². The third kappa shape index (κ3) is 3.23. The van der Waals surface area contributed by atoms with E-state index in [2.05, 4.69) is 11.8 Å². The summed E-state index contributed by atoms with van der Waals surface area (Å²) in [7, 11) is 0. The van der Waals surface area contributed by atoms with Crippen molar-refractivity contribution in [1.29, 1.82) is 5.41 Å². The maximum atomic E-state index is 6.18. The van der Waals surface area contributed by atoms with E-state index in [1.54, 1.807) is 6.92 Å². The highest BCUT2D eigenvalue weighted by molar-refractivity contribution is 5.74. The molecule has 0 spiro atoms. The van der Waals surface area contributed by atoms with Gasteiger partial charge in [0.1, 0.15) is 6.21 Å². The fourth-order valence-corrected chi connectivity index (χ4v) is 0.0625. The zero-order valence-corrected chi connectivity index (χ0v) is 3.00. The highest BCUT2D eigenvalue weighted by Gasteiger charge is 1.41. The van der Waals surface area contributed by atoms with Crippen LogP contribution in [0.25, 0.3) is 0 Å². The van der Waals surface area contributed by atoms with Gasteiger partial charge in [-0.15, -0.1) is 0 Å². The fourth-order valence-electron chi connectivity index (χ4n) is 0.0625. The molecule has 0 aliphatic rings. The Morgan fingerprint density at radius 1 is 1.60 bits per heavy atom. The van der Waals surface area contributed by atoms with Crippen LogP contribution in [0.15, 0.2) is 0 Å². The van der Waals surface area contributed by atoms with E-state index in [0.29, 0.717) is 0 Å². The summed E-state index contributed by atoms with van der Waals surface area (Å²) in [6.45, 7) is 1.67. The van der Waals surface area contributed by atoms with Crippen molar-refractivity contribution < 1.29 is 0 Å². The molecule has 0 rings (SSSR count). The maximum absolute atomic E-state index is 6.18. The van der Waals surface area contributed by atoms with E-state index >= 15 is 0 Å². The van der Waals surface area contributed by atoms with Crippen LogP contribution in [0, 0.1) is 17.3 Å². The Morgan fingerprint density at radius 2 is 2.20 bits per heavy atom. The molecule has 0 atom stereocenters. The first kappa shape index (κ1) is 4.23. The second-order valence-corrected chi connectivity index (χ2v) is 0.500. The summed E-state index contributed by atoms with van der Waals surface area (Å²) in [5.74, 6) is 4.75. The van der Waals surface area contributed by atoms with Gasteiger partial charge in [-0.1, -0.05) is 5.92 Å². The Morgan fingerprint density at radius 3 is 2.20 bits per heavy atom. The van der Waals surface area contributed by atoms with Crippen LogP contribution in [0.4, 0.5) is 0 Å². The zero-order chi connectivity index (χ0) is 4.12. The van der Waals surface area contributed by atoms with E-state index in [1.807, 2.05) is 6.21 Å². The Balaban J connectivity index is 3.16. The van der Waals surface area contributed by atoms with Crippen LogP contribution in [0.1, 0.15) is 6.92 Å². The molecule has 1 nitrogen and oxygen atoms in total. The van der Waals surface area contributed by atoms with Crippen molar-refractivity contribution in [2.75, 3.05) is 0 Å². The molecule has 5 heavy (non-hydrogen) atoms. The highest BCUT2D eigenvalue weighted by Crippen LogP contribution is 1.38. The molecular weight excluding hydrogens is 62.1 g/mol. The average Bonchev–Trinajstić information content (AvgIpc) is 1.41. The zero-order valence-electron chi connectivity index (χ0n) is 3.00. The van der Waals surface area contributed by atoms with Crippen LogP contribution in [-0.2, 0) is 0 Å². The van der Waals surface area contributed by atoms with E-state index in [0.717, 1.165) is 0 Å². The van der Waals surface area contributed by atoms with Crippen molar-refractivity contribution in [1.82, 2.24) is 0 Å². The lowest BCUT2D eigenvalue weighted by Crippen LogP contribution is -1.49. The van der Waals surface area contributed by atoms with Gasteiger partial charge in [0.15, 0.2) is 0 Å². The first-order valence-electron chi connectivity index (χ1n) is 1.25. The monoisotopic (exact) mass is 66.0 g/mol. The maximum Gasteiger partial charge on any atom is 0.138 e. The molecule has 0 aromatic heterocycles. The number of nitrogens with one attached hydrogen (secondary N) is 1. The lowest BCUT2D eigenvalue weighted by atomic mass is 10.7. The predicted octanol–water partition coefficient (Wildman–Crippen LogP) is 0.536. The fraction of sp³-hybridized carbons (Fsp3) is 0.250. The molecule has 25 valence electrons. The van der Waals surface area contributed by atoms with Gasteiger partial charge in [0.25, 0.3) is 0 Å². The Kier molecular flexibility index (Phi) is 2.73. The minimum atomic E-state index is 1.67. The molecule has 0 heterocycles. The Bertz CT molecular complexity index is 73.4. The first-order valence-corrected chi connectivity index (χ1v) is 1.25. The van der Waals surface area contributed by atoms with E-state index in [-0.39, 0.29) is 0 Å². The van der Waals surface area contributed by atoms with Crippen molar-refractivity contribution in [3.63, 3.8) is 0 Å². The summed E-state index contributed by atoms with van der Waals surface area (Å²) in [6, 6.07) is 0. The summed E-state index contributed by atoms with van der Waals surface area (Å²) in [5.41, 5.74) is 0. The number of hydrogen-bond donors (Lipinski definition) is 1. The molecule has 1 radical (unpaired) electrons. The SMILES string of the molecule is CC#C[C]=N. The summed E-state index contributed by atoms with van der Waals surface area (Å²) in [5, 5.41) is 6.18. The summed E-state index contributed by atoms with van der Waals surface area (Å²) < 4.78 is 0. The van der Waals surface area contributed by atoms with E-state index in [9.17, 15) is 0 Å². The Labute approximate surface area is 31.5 Å². The molecule has 0 saturated heterocycles. The van der Waals surface area contributed by atoms with Crippen molar-refractivity contribution in [2.45, 2.75) is 6.92 Å². The van der Waals surface area contributed by atoms with Gasteiger partial charge >= 0.3 is 0 Å². The van der Waals surface area contributed by atoms with Crippen molar-refractivity contribution in [3.8, 4) is 11.8 Å². The van der Waals surface area contributed by atoms with Gasteiger partial charge in [-0.25, -0.2) is 0 Å². The molecule has 0 bridgehead atoms. The molecule has 1 heteroatoms. The number of rotatable bonds is 0. The molecular formula is C4H4N. The summed E-state index contributed by atoms with van der Waals surface area (Å²) >= 11 is 0. The van der Waals surface area contributed by atoms with Crippen molar-refractivity contribution in [2.24, 2.45) is 0 Å². The van der Waals surface area contributed by atoms with Gasteiger partial charge in [-0.2, -0.15) is 0 Å². The van der Waals surface area contributed by atoms with Gasteiger partial charge in [0.05, 0.1) is 0 Å². The molecule has 0 saturated carbocycles. The molecule has 0 aromatic carbocycles. The summed E-state index contributed by atoms with van der Waals surface area (Å²) in [4.78, 5) is 0. The third-order valence-electron chi connectivity index (χ3n) is 0.188. The van der Waals surface area contributed by atoms with Crippen LogP contribution in [-0.4, -0.2) is 6.21 Å². The molecule has 1 N–H and O–H groups in total. The van der Waals surface area contributed by atoms with Gasteiger partial charge in [-0.3, -0.25) is 5.41 Å². The molecule has 0 amide bonds. The smallest absolute Gasteiger partial charge is 0.138 e. The molecule has 0 unspecified atom stereocenters. The minimum Gasteiger partial charge on any atom is -0.290 e. The normalized spacial score (nSPS) is 4.20. The predicted molar refractivity (Wildman–Crippen MR) is 21.2 cm³/mol. The lowest BCUT2D eigenvalue weighted by molar-refractivity contribution is 1.59. The number of hydrogen-bond acceptors (Lipinski definition) is 1. The highest BCUT2D eigenvalue weighted by atomic mass is 14.3. The summed E-state index contributed by atoms with van der Waals surface area (Å²) in [6.07, 6.45) is 1.91. The second-order valence-electron chi connectivity index (χ2n) is 0.500. The molecule has 0 fully saturated rings. The quantitative estimate of drug-likeness (QED) is 0.315. The molecule has 0 aromatic rings. The Hall–Kier alpha value is -0.770. The van der Waals surface area contributed by atoms with Crippen LogP contribution >= 0.6 is 0 Å². The van der Waals surface area contributed by atoms with Crippen LogP contribution in [0.5, 0.6) is 0 Å². The van der Waals surface area contributed by atoms with Crippen molar-refractivity contribution >= 4 is 6.21 Å². The average molecular weight is 66.1 g/mol. The minimum absolute atomic E-state index is 1.67. The topological polar surface area (TPSA) is 23.9 Å². The first-order chi connectivity index (χ1) is 2.41. The van der Waals surface area contributed by atoms with Gasteiger partial charge < -0.3 is 0 Å². The van der Waals surface area contributed by atoms with Gasteiger partial charge in [-0.05, 0) is 12.8 Å². The molecule has 0 aliphatic carbocycles. The van der Waals surface area contributed by atoms with Crippen LogP contribution < -0.4 is 0 Å². The molecule has 0 aliphatic heterocycles. The largest absolute Gasteiger partial charge is 0.290 e. The third-order valence-corrected chi connectivity index (χ3v) is 0.188. The lowest BCUT2D eigenvalue weighted by Gasteiger charge is -1.44. The standard InChI is InChI=1S/C4H4N/c1-2-3-4-5/h5H,1H3. The van der Waals surface area contributed by atoms with E-state index in [4.69, 9.17) is 5.41 Å². The van der Waals surface area contributed by atoms with Crippen molar-refractivity contribution in [3.05, 3.63) is 0 Å².